The first kappa shape index (κ1) is 18.8. The molecule has 2 rings (SSSR count). The molecular formula is C18H21N3O3S. The minimum Gasteiger partial charge on any atom is -0.497 e. The maximum Gasteiger partial charge on any atom is 0.277 e. The molecule has 0 unspecified atom stereocenters. The molecule has 25 heavy (non-hydrogen) atoms. The Bertz CT molecular complexity index is 703. The predicted molar refractivity (Wildman–Crippen MR) is 97.8 cm³/mol. The number of ether oxygens (including phenoxy) is 1. The highest BCUT2D eigenvalue weighted by atomic mass is 32.2. The summed E-state index contributed by atoms with van der Waals surface area (Å²) in [5, 5.41) is 8.39. The molecule has 1 aromatic heterocycles. The molecule has 0 atom stereocenters. The maximum absolute atomic E-state index is 12.2. The third-order valence-electron chi connectivity index (χ3n) is 3.33. The second-order valence-electron chi connectivity index (χ2n) is 5.15. The Morgan fingerprint density at radius 1 is 1.24 bits per heavy atom. The highest BCUT2D eigenvalue weighted by Gasteiger charge is 2.14. The Hall–Kier alpha value is -2.54. The van der Waals surface area contributed by atoms with E-state index in [1.807, 2.05) is 24.3 Å². The zero-order valence-corrected chi connectivity index (χ0v) is 15.0. The maximum atomic E-state index is 12.2. The fraction of sp³-hybridized carbons (Fsp3) is 0.278. The van der Waals surface area contributed by atoms with Crippen LogP contribution in [0.1, 0.15) is 11.5 Å². The molecule has 0 aliphatic carbocycles. The van der Waals surface area contributed by atoms with Crippen LogP contribution < -0.4 is 4.74 Å². The number of nitrogens with zero attached hydrogens (tertiary/aromatic N) is 3. The first-order valence-corrected chi connectivity index (χ1v) is 8.72. The summed E-state index contributed by atoms with van der Waals surface area (Å²) in [6, 6.07) is 7.66. The summed E-state index contributed by atoms with van der Waals surface area (Å²) in [6.07, 6.45) is 3.90. The molecule has 1 heterocycles. The smallest absolute Gasteiger partial charge is 0.277 e. The molecular weight excluding hydrogens is 338 g/mol. The predicted octanol–water partition coefficient (Wildman–Crippen LogP) is 2.96. The first-order valence-electron chi connectivity index (χ1n) is 7.74. The SMILES string of the molecule is C=CCN(CC=C)C(=O)CSc1nnc(Cc2ccc(OC)cc2)o1. The first-order chi connectivity index (χ1) is 12.2. The summed E-state index contributed by atoms with van der Waals surface area (Å²) < 4.78 is 10.7. The molecule has 0 saturated carbocycles. The second-order valence-corrected chi connectivity index (χ2v) is 6.08. The van der Waals surface area contributed by atoms with Gasteiger partial charge in [-0.1, -0.05) is 36.0 Å². The van der Waals surface area contributed by atoms with Crippen molar-refractivity contribution in [2.75, 3.05) is 26.0 Å². The molecule has 2 aromatic rings. The van der Waals surface area contributed by atoms with Crippen molar-refractivity contribution in [3.05, 3.63) is 61.0 Å². The van der Waals surface area contributed by atoms with Crippen LogP contribution in [0, 0.1) is 0 Å². The molecule has 1 aromatic carbocycles. The minimum atomic E-state index is -0.0281. The lowest BCUT2D eigenvalue weighted by atomic mass is 10.1. The van der Waals surface area contributed by atoms with Crippen LogP contribution in [0.4, 0.5) is 0 Å². The number of aromatic nitrogens is 2. The number of amides is 1. The van der Waals surface area contributed by atoms with Crippen molar-refractivity contribution < 1.29 is 13.9 Å². The van der Waals surface area contributed by atoms with Gasteiger partial charge in [-0.3, -0.25) is 4.79 Å². The number of hydrogen-bond acceptors (Lipinski definition) is 6. The normalized spacial score (nSPS) is 10.3. The molecule has 0 spiro atoms. The summed E-state index contributed by atoms with van der Waals surface area (Å²) in [5.74, 6) is 1.51. The van der Waals surface area contributed by atoms with Gasteiger partial charge in [0.25, 0.3) is 5.22 Å². The van der Waals surface area contributed by atoms with Crippen molar-refractivity contribution >= 4 is 17.7 Å². The van der Waals surface area contributed by atoms with E-state index in [4.69, 9.17) is 9.15 Å². The van der Waals surface area contributed by atoms with E-state index < -0.39 is 0 Å². The Morgan fingerprint density at radius 2 is 1.92 bits per heavy atom. The van der Waals surface area contributed by atoms with Crippen LogP contribution >= 0.6 is 11.8 Å². The van der Waals surface area contributed by atoms with Crippen molar-refractivity contribution in [1.82, 2.24) is 15.1 Å². The highest BCUT2D eigenvalue weighted by Crippen LogP contribution is 2.19. The molecule has 132 valence electrons. The van der Waals surface area contributed by atoms with Crippen LogP contribution in [0.2, 0.25) is 0 Å². The van der Waals surface area contributed by atoms with E-state index in [9.17, 15) is 4.79 Å². The monoisotopic (exact) mass is 359 g/mol. The molecule has 0 aliphatic rings. The molecule has 0 radical (unpaired) electrons. The topological polar surface area (TPSA) is 68.5 Å². The lowest BCUT2D eigenvalue weighted by molar-refractivity contribution is -0.127. The third-order valence-corrected chi connectivity index (χ3v) is 4.14. The van der Waals surface area contributed by atoms with Crippen molar-refractivity contribution in [3.8, 4) is 5.75 Å². The molecule has 0 N–H and O–H groups in total. The molecule has 6 nitrogen and oxygen atoms in total. The van der Waals surface area contributed by atoms with Crippen LogP contribution in [-0.4, -0.2) is 47.0 Å². The zero-order valence-electron chi connectivity index (χ0n) is 14.2. The van der Waals surface area contributed by atoms with Crippen molar-refractivity contribution in [3.63, 3.8) is 0 Å². The standard InChI is InChI=1S/C18H21N3O3S/c1-4-10-21(11-5-2)17(22)13-25-18-20-19-16(24-18)12-14-6-8-15(23-3)9-7-14/h4-9H,1-2,10-13H2,3H3. The van der Waals surface area contributed by atoms with Gasteiger partial charge in [0.2, 0.25) is 11.8 Å². The van der Waals surface area contributed by atoms with Gasteiger partial charge in [-0.15, -0.1) is 23.4 Å². The summed E-state index contributed by atoms with van der Waals surface area (Å²) >= 11 is 1.23. The lowest BCUT2D eigenvalue weighted by Gasteiger charge is -2.18. The van der Waals surface area contributed by atoms with Crippen LogP contribution in [0.3, 0.4) is 0 Å². The molecule has 0 aliphatic heterocycles. The van der Waals surface area contributed by atoms with Crippen LogP contribution in [0.25, 0.3) is 0 Å². The largest absolute Gasteiger partial charge is 0.497 e. The summed E-state index contributed by atoms with van der Waals surface area (Å²) in [7, 11) is 1.63. The molecule has 0 saturated heterocycles. The van der Waals surface area contributed by atoms with Gasteiger partial charge in [0.1, 0.15) is 5.75 Å². The quantitative estimate of drug-likeness (QED) is 0.480. The lowest BCUT2D eigenvalue weighted by Crippen LogP contribution is -2.32. The van der Waals surface area contributed by atoms with E-state index in [-0.39, 0.29) is 11.7 Å². The zero-order chi connectivity index (χ0) is 18.1. The van der Waals surface area contributed by atoms with E-state index in [2.05, 4.69) is 23.4 Å². The fourth-order valence-electron chi connectivity index (χ4n) is 2.09. The summed E-state index contributed by atoms with van der Waals surface area (Å²) in [4.78, 5) is 13.8. The van der Waals surface area contributed by atoms with Gasteiger partial charge < -0.3 is 14.1 Å². The van der Waals surface area contributed by atoms with Gasteiger partial charge in [0.15, 0.2) is 0 Å². The summed E-state index contributed by atoms with van der Waals surface area (Å²) in [6.45, 7) is 8.28. The summed E-state index contributed by atoms with van der Waals surface area (Å²) in [5.41, 5.74) is 1.04. The molecule has 1 amide bonds. The van der Waals surface area contributed by atoms with Gasteiger partial charge in [-0.2, -0.15) is 0 Å². The Morgan fingerprint density at radius 3 is 2.52 bits per heavy atom. The Balaban J connectivity index is 1.88. The second kappa shape index (κ2) is 9.68. The molecule has 7 heteroatoms. The highest BCUT2D eigenvalue weighted by molar-refractivity contribution is 7.99. The van der Waals surface area contributed by atoms with Gasteiger partial charge in [0.05, 0.1) is 19.3 Å². The average Bonchev–Trinajstić information content (AvgIpc) is 3.07. The molecule has 0 fully saturated rings. The number of hydrogen-bond donors (Lipinski definition) is 0. The van der Waals surface area contributed by atoms with E-state index in [0.29, 0.717) is 30.6 Å². The number of carbonyl (C=O) groups is 1. The van der Waals surface area contributed by atoms with E-state index in [1.165, 1.54) is 11.8 Å². The Kier molecular flexibility index (Phi) is 7.28. The fourth-order valence-corrected chi connectivity index (χ4v) is 2.77. The average molecular weight is 359 g/mol. The van der Waals surface area contributed by atoms with Crippen LogP contribution in [-0.2, 0) is 11.2 Å². The van der Waals surface area contributed by atoms with Gasteiger partial charge in [-0.25, -0.2) is 0 Å². The van der Waals surface area contributed by atoms with Crippen LogP contribution in [0.15, 0.2) is 59.2 Å². The van der Waals surface area contributed by atoms with Gasteiger partial charge in [0, 0.05) is 13.1 Å². The number of methoxy groups -OCH3 is 1. The van der Waals surface area contributed by atoms with E-state index in [1.54, 1.807) is 24.2 Å². The van der Waals surface area contributed by atoms with E-state index in [0.717, 1.165) is 11.3 Å². The van der Waals surface area contributed by atoms with Gasteiger partial charge >= 0.3 is 0 Å². The van der Waals surface area contributed by atoms with Gasteiger partial charge in [-0.05, 0) is 17.7 Å². The molecule has 0 bridgehead atoms. The number of carbonyl (C=O) groups excluding carboxylic acids is 1. The number of thioether (sulfide) groups is 1. The minimum absolute atomic E-state index is 0.0281. The third kappa shape index (κ3) is 5.79. The van der Waals surface area contributed by atoms with Crippen molar-refractivity contribution in [2.24, 2.45) is 0 Å². The number of benzene rings is 1. The van der Waals surface area contributed by atoms with Crippen LogP contribution in [0.5, 0.6) is 5.75 Å². The number of rotatable bonds is 10. The van der Waals surface area contributed by atoms with Crippen molar-refractivity contribution in [2.45, 2.75) is 11.6 Å². The Labute approximate surface area is 151 Å². The van der Waals surface area contributed by atoms with E-state index >= 15 is 0 Å². The van der Waals surface area contributed by atoms with Crippen molar-refractivity contribution in [1.29, 1.82) is 0 Å².